The van der Waals surface area contributed by atoms with Crippen molar-refractivity contribution in [3.05, 3.63) is 95.1 Å². The molecule has 0 N–H and O–H groups in total. The van der Waals surface area contributed by atoms with Gasteiger partial charge in [-0.05, 0) is 35.4 Å². The Balaban J connectivity index is 0.000000181. The normalized spacial score (nSPS) is 16.3. The third kappa shape index (κ3) is 6.66. The SMILES string of the molecule is COc1ccc([C@@H]2CC(=O)Oc3cc(OC)cc(OC)c32)cc1.COc1ccc([C@H]2CC(=O)Oc3cc(OC)cc(OC)c32)cc1. The van der Waals surface area contributed by atoms with Gasteiger partial charge in [-0.2, -0.15) is 0 Å². The van der Waals surface area contributed by atoms with E-state index in [1.807, 2.05) is 48.5 Å². The first-order chi connectivity index (χ1) is 22.3. The van der Waals surface area contributed by atoms with E-state index in [1.165, 1.54) is 0 Å². The molecule has 0 saturated heterocycles. The van der Waals surface area contributed by atoms with Gasteiger partial charge < -0.3 is 37.9 Å². The van der Waals surface area contributed by atoms with Crippen molar-refractivity contribution >= 4 is 11.9 Å². The van der Waals surface area contributed by atoms with E-state index >= 15 is 0 Å². The summed E-state index contributed by atoms with van der Waals surface area (Å²) < 4.78 is 42.6. The summed E-state index contributed by atoms with van der Waals surface area (Å²) in [5.74, 6) is 4.19. The number of rotatable bonds is 8. The first-order valence-electron chi connectivity index (χ1n) is 14.5. The molecule has 2 heterocycles. The minimum atomic E-state index is -0.270. The van der Waals surface area contributed by atoms with Crippen LogP contribution in [-0.2, 0) is 9.59 Å². The average molecular weight is 629 g/mol. The van der Waals surface area contributed by atoms with Gasteiger partial charge in [0.05, 0.1) is 55.5 Å². The Kier molecular flexibility index (Phi) is 9.85. The molecule has 0 amide bonds. The average Bonchev–Trinajstić information content (AvgIpc) is 3.09. The fraction of sp³-hybridized carbons (Fsp3) is 0.278. The quantitative estimate of drug-likeness (QED) is 0.163. The van der Waals surface area contributed by atoms with Crippen LogP contribution in [0.25, 0.3) is 0 Å². The molecule has 240 valence electrons. The van der Waals surface area contributed by atoms with E-state index < -0.39 is 0 Å². The van der Waals surface area contributed by atoms with E-state index in [0.29, 0.717) is 34.5 Å². The Morgan fingerprint density at radius 1 is 0.478 bits per heavy atom. The van der Waals surface area contributed by atoms with Gasteiger partial charge in [0, 0.05) is 47.2 Å². The van der Waals surface area contributed by atoms with Crippen LogP contribution >= 0.6 is 0 Å². The van der Waals surface area contributed by atoms with E-state index in [1.54, 1.807) is 66.9 Å². The molecule has 0 bridgehead atoms. The van der Waals surface area contributed by atoms with E-state index in [9.17, 15) is 9.59 Å². The van der Waals surface area contributed by atoms with E-state index in [4.69, 9.17) is 37.9 Å². The summed E-state index contributed by atoms with van der Waals surface area (Å²) in [4.78, 5) is 24.0. The summed E-state index contributed by atoms with van der Waals surface area (Å²) in [7, 11) is 9.56. The number of benzene rings is 4. The van der Waals surface area contributed by atoms with Gasteiger partial charge in [0.2, 0.25) is 0 Å². The van der Waals surface area contributed by atoms with Crippen LogP contribution in [0.5, 0.6) is 46.0 Å². The van der Waals surface area contributed by atoms with Crippen molar-refractivity contribution in [1.82, 2.24) is 0 Å². The van der Waals surface area contributed by atoms with Crippen molar-refractivity contribution in [2.24, 2.45) is 0 Å². The molecule has 0 aromatic heterocycles. The first-order valence-corrected chi connectivity index (χ1v) is 14.5. The van der Waals surface area contributed by atoms with Crippen LogP contribution in [0.15, 0.2) is 72.8 Å². The lowest BCUT2D eigenvalue weighted by atomic mass is 9.85. The van der Waals surface area contributed by atoms with Crippen LogP contribution in [0, 0.1) is 0 Å². The second kappa shape index (κ2) is 14.2. The number of carbonyl (C=O) groups is 2. The molecule has 2 aliphatic rings. The van der Waals surface area contributed by atoms with Gasteiger partial charge in [-0.25, -0.2) is 0 Å². The number of fused-ring (bicyclic) bond motifs is 2. The number of methoxy groups -OCH3 is 6. The molecule has 46 heavy (non-hydrogen) atoms. The number of hydrogen-bond donors (Lipinski definition) is 0. The molecule has 0 radical (unpaired) electrons. The molecule has 0 aliphatic carbocycles. The van der Waals surface area contributed by atoms with Gasteiger partial charge >= 0.3 is 11.9 Å². The molecule has 10 nitrogen and oxygen atoms in total. The number of ether oxygens (including phenoxy) is 8. The van der Waals surface area contributed by atoms with Crippen molar-refractivity contribution in [3.63, 3.8) is 0 Å². The third-order valence-corrected chi connectivity index (χ3v) is 7.99. The van der Waals surface area contributed by atoms with E-state index in [2.05, 4.69) is 0 Å². The molecular weight excluding hydrogens is 592 g/mol. The molecule has 2 aliphatic heterocycles. The molecule has 0 saturated carbocycles. The first kappa shape index (κ1) is 32.0. The lowest BCUT2D eigenvalue weighted by molar-refractivity contribution is -0.136. The van der Waals surface area contributed by atoms with Gasteiger partial charge in [0.1, 0.15) is 46.0 Å². The molecule has 6 rings (SSSR count). The zero-order valence-corrected chi connectivity index (χ0v) is 26.6. The third-order valence-electron chi connectivity index (χ3n) is 7.99. The molecule has 4 aromatic carbocycles. The Morgan fingerprint density at radius 3 is 1.13 bits per heavy atom. The maximum atomic E-state index is 12.0. The number of esters is 2. The van der Waals surface area contributed by atoms with Gasteiger partial charge in [0.15, 0.2) is 0 Å². The molecular formula is C36H36O10. The number of carbonyl (C=O) groups excluding carboxylic acids is 2. The van der Waals surface area contributed by atoms with Crippen molar-refractivity contribution in [1.29, 1.82) is 0 Å². The fourth-order valence-electron chi connectivity index (χ4n) is 5.69. The fourth-order valence-corrected chi connectivity index (χ4v) is 5.69. The smallest absolute Gasteiger partial charge is 0.312 e. The van der Waals surface area contributed by atoms with E-state index in [-0.39, 0.29) is 36.6 Å². The second-order valence-corrected chi connectivity index (χ2v) is 10.5. The summed E-state index contributed by atoms with van der Waals surface area (Å²) in [5.41, 5.74) is 3.73. The summed E-state index contributed by atoms with van der Waals surface area (Å²) in [6.45, 7) is 0. The van der Waals surface area contributed by atoms with Gasteiger partial charge in [-0.15, -0.1) is 0 Å². The zero-order valence-electron chi connectivity index (χ0n) is 26.6. The van der Waals surface area contributed by atoms with Gasteiger partial charge in [0.25, 0.3) is 0 Å². The Morgan fingerprint density at radius 2 is 0.826 bits per heavy atom. The number of hydrogen-bond acceptors (Lipinski definition) is 10. The lowest BCUT2D eigenvalue weighted by Crippen LogP contribution is -2.21. The van der Waals surface area contributed by atoms with Gasteiger partial charge in [-0.1, -0.05) is 24.3 Å². The minimum Gasteiger partial charge on any atom is -0.497 e. The molecule has 0 spiro atoms. The standard InChI is InChI=1S/2C18H18O5/c2*1-20-12-6-4-11(5-7-12)14-10-17(19)23-16-9-13(21-2)8-15(22-3)18(14)16/h2*4-9,14H,10H2,1-3H3/t2*14-/m10/s1. The highest BCUT2D eigenvalue weighted by Crippen LogP contribution is 2.47. The zero-order chi connectivity index (χ0) is 32.8. The predicted molar refractivity (Wildman–Crippen MR) is 169 cm³/mol. The highest BCUT2D eigenvalue weighted by molar-refractivity contribution is 5.80. The van der Waals surface area contributed by atoms with Crippen molar-refractivity contribution in [2.45, 2.75) is 24.7 Å². The highest BCUT2D eigenvalue weighted by atomic mass is 16.5. The predicted octanol–water partition coefficient (Wildman–Crippen LogP) is 6.31. The summed E-state index contributed by atoms with van der Waals surface area (Å²) >= 11 is 0. The van der Waals surface area contributed by atoms with Crippen molar-refractivity contribution in [3.8, 4) is 46.0 Å². The Hall–Kier alpha value is -5.38. The molecule has 0 fully saturated rings. The van der Waals surface area contributed by atoms with Crippen LogP contribution in [-0.4, -0.2) is 54.6 Å². The van der Waals surface area contributed by atoms with Gasteiger partial charge in [-0.3, -0.25) is 9.59 Å². The monoisotopic (exact) mass is 628 g/mol. The molecule has 10 heteroatoms. The van der Waals surface area contributed by atoms with E-state index in [0.717, 1.165) is 33.8 Å². The maximum absolute atomic E-state index is 12.0. The lowest BCUT2D eigenvalue weighted by Gasteiger charge is -2.27. The van der Waals surface area contributed by atoms with Crippen LogP contribution in [0.2, 0.25) is 0 Å². The Bertz CT molecular complexity index is 1570. The molecule has 0 unspecified atom stereocenters. The molecule has 4 aromatic rings. The summed E-state index contributed by atoms with van der Waals surface area (Å²) in [5, 5.41) is 0. The van der Waals surface area contributed by atoms with Crippen LogP contribution in [0.1, 0.15) is 46.9 Å². The van der Waals surface area contributed by atoms with Crippen LogP contribution in [0.3, 0.4) is 0 Å². The van der Waals surface area contributed by atoms with Crippen molar-refractivity contribution in [2.75, 3.05) is 42.7 Å². The van der Waals surface area contributed by atoms with Crippen LogP contribution < -0.4 is 37.9 Å². The topological polar surface area (TPSA) is 108 Å². The summed E-state index contributed by atoms with van der Waals surface area (Å²) in [6.07, 6.45) is 0.532. The largest absolute Gasteiger partial charge is 0.497 e. The molecule has 2 atom stereocenters. The summed E-state index contributed by atoms with van der Waals surface area (Å²) in [6, 6.07) is 22.4. The highest BCUT2D eigenvalue weighted by Gasteiger charge is 2.33. The van der Waals surface area contributed by atoms with Crippen LogP contribution in [0.4, 0.5) is 0 Å². The Labute approximate surface area is 267 Å². The minimum absolute atomic E-state index is 0.127. The van der Waals surface area contributed by atoms with Crippen molar-refractivity contribution < 1.29 is 47.5 Å². The maximum Gasteiger partial charge on any atom is 0.312 e. The second-order valence-electron chi connectivity index (χ2n) is 10.5.